The molecule has 0 amide bonds. The number of hydrogen-bond acceptors (Lipinski definition) is 3. The second-order valence-corrected chi connectivity index (χ2v) is 11.3. The molecular formula is C34H64O4. The fourth-order valence-electron chi connectivity index (χ4n) is 5.00. The Bertz CT molecular complexity index is 543. The molecule has 1 N–H and O–H groups in total. The highest BCUT2D eigenvalue weighted by atomic mass is 16.5. The standard InChI is InChI=1S/C34H64O4/c1-3-5-7-9-10-11-12-13-14-15-16-20-23-27-31-34(37)38-32(28-24-8-6-4-2)29-25-21-18-17-19-22-26-30-33(35)36/h11-12,32H,3-10,13-31H2,1-2H3,(H,35,36)/b12-11-. The molecule has 0 aliphatic heterocycles. The quantitative estimate of drug-likeness (QED) is 0.0563. The van der Waals surface area contributed by atoms with Crippen molar-refractivity contribution in [3.05, 3.63) is 12.2 Å². The van der Waals surface area contributed by atoms with Crippen LogP contribution in [0.1, 0.15) is 187 Å². The predicted molar refractivity (Wildman–Crippen MR) is 163 cm³/mol. The van der Waals surface area contributed by atoms with Crippen LogP contribution >= 0.6 is 0 Å². The Morgan fingerprint density at radius 3 is 1.45 bits per heavy atom. The second kappa shape index (κ2) is 30.2. The number of rotatable bonds is 30. The lowest BCUT2D eigenvalue weighted by atomic mass is 10.0. The molecule has 224 valence electrons. The first-order valence-corrected chi connectivity index (χ1v) is 16.7. The molecule has 38 heavy (non-hydrogen) atoms. The molecule has 0 aromatic heterocycles. The van der Waals surface area contributed by atoms with Gasteiger partial charge in [0.15, 0.2) is 0 Å². The van der Waals surface area contributed by atoms with Crippen LogP contribution in [0.5, 0.6) is 0 Å². The molecule has 0 aromatic carbocycles. The van der Waals surface area contributed by atoms with Crippen molar-refractivity contribution in [1.82, 2.24) is 0 Å². The molecule has 4 heteroatoms. The smallest absolute Gasteiger partial charge is 0.306 e. The molecule has 4 nitrogen and oxygen atoms in total. The lowest BCUT2D eigenvalue weighted by Crippen LogP contribution is -2.18. The molecule has 0 aliphatic carbocycles. The average molecular weight is 537 g/mol. The van der Waals surface area contributed by atoms with Crippen molar-refractivity contribution in [2.24, 2.45) is 0 Å². The van der Waals surface area contributed by atoms with E-state index in [4.69, 9.17) is 9.84 Å². The maximum Gasteiger partial charge on any atom is 0.306 e. The number of esters is 1. The summed E-state index contributed by atoms with van der Waals surface area (Å²) in [5, 5.41) is 8.70. The molecule has 0 saturated heterocycles. The van der Waals surface area contributed by atoms with Crippen LogP contribution in [-0.2, 0) is 14.3 Å². The first-order valence-electron chi connectivity index (χ1n) is 16.7. The van der Waals surface area contributed by atoms with Crippen molar-refractivity contribution in [2.75, 3.05) is 0 Å². The highest BCUT2D eigenvalue weighted by Gasteiger charge is 2.14. The van der Waals surface area contributed by atoms with Crippen LogP contribution in [0.4, 0.5) is 0 Å². The Kier molecular flexibility index (Phi) is 29.2. The van der Waals surface area contributed by atoms with Crippen LogP contribution in [0, 0.1) is 0 Å². The summed E-state index contributed by atoms with van der Waals surface area (Å²) in [4.78, 5) is 23.0. The van der Waals surface area contributed by atoms with E-state index < -0.39 is 5.97 Å². The Morgan fingerprint density at radius 1 is 0.553 bits per heavy atom. The average Bonchev–Trinajstić information content (AvgIpc) is 2.90. The van der Waals surface area contributed by atoms with Gasteiger partial charge in [-0.1, -0.05) is 122 Å². The number of unbranched alkanes of at least 4 members (excludes halogenated alkanes) is 19. The Hall–Kier alpha value is -1.32. The number of allylic oxidation sites excluding steroid dienone is 2. The van der Waals surface area contributed by atoms with E-state index in [1.54, 1.807) is 0 Å². The zero-order valence-electron chi connectivity index (χ0n) is 25.5. The van der Waals surface area contributed by atoms with Crippen molar-refractivity contribution in [3.8, 4) is 0 Å². The van der Waals surface area contributed by atoms with E-state index in [9.17, 15) is 9.59 Å². The maximum absolute atomic E-state index is 12.5. The van der Waals surface area contributed by atoms with Gasteiger partial charge >= 0.3 is 11.9 Å². The van der Waals surface area contributed by atoms with Crippen LogP contribution in [0.2, 0.25) is 0 Å². The fraction of sp³-hybridized carbons (Fsp3) is 0.882. The van der Waals surface area contributed by atoms with E-state index in [1.807, 2.05) is 0 Å². The number of hydrogen-bond donors (Lipinski definition) is 1. The van der Waals surface area contributed by atoms with E-state index >= 15 is 0 Å². The van der Waals surface area contributed by atoms with Crippen molar-refractivity contribution < 1.29 is 19.4 Å². The van der Waals surface area contributed by atoms with Crippen molar-refractivity contribution in [1.29, 1.82) is 0 Å². The van der Waals surface area contributed by atoms with E-state index in [0.717, 1.165) is 57.8 Å². The zero-order chi connectivity index (χ0) is 27.9. The summed E-state index contributed by atoms with van der Waals surface area (Å²) >= 11 is 0. The molecule has 0 heterocycles. The number of ether oxygens (including phenoxy) is 1. The van der Waals surface area contributed by atoms with Crippen LogP contribution in [0.15, 0.2) is 12.2 Å². The topological polar surface area (TPSA) is 63.6 Å². The van der Waals surface area contributed by atoms with Crippen LogP contribution in [0.3, 0.4) is 0 Å². The fourth-order valence-corrected chi connectivity index (χ4v) is 5.00. The van der Waals surface area contributed by atoms with Crippen molar-refractivity contribution >= 4 is 11.9 Å². The SMILES string of the molecule is CCCCCC/C=C\CCCCCCCCC(=O)OC(CCCCCC)CCCCCCCCCC(=O)O. The van der Waals surface area contributed by atoms with Gasteiger partial charge in [-0.3, -0.25) is 9.59 Å². The van der Waals surface area contributed by atoms with Gasteiger partial charge in [0.2, 0.25) is 0 Å². The van der Waals surface area contributed by atoms with Gasteiger partial charge in [0, 0.05) is 12.8 Å². The molecule has 0 bridgehead atoms. The van der Waals surface area contributed by atoms with Crippen LogP contribution in [-0.4, -0.2) is 23.1 Å². The van der Waals surface area contributed by atoms with Gasteiger partial charge in [-0.25, -0.2) is 0 Å². The molecule has 0 aliphatic rings. The highest BCUT2D eigenvalue weighted by molar-refractivity contribution is 5.69. The minimum Gasteiger partial charge on any atom is -0.481 e. The van der Waals surface area contributed by atoms with Crippen LogP contribution < -0.4 is 0 Å². The Morgan fingerprint density at radius 2 is 0.947 bits per heavy atom. The third-order valence-corrected chi connectivity index (χ3v) is 7.49. The Balaban J connectivity index is 3.84. The normalized spacial score (nSPS) is 12.3. The van der Waals surface area contributed by atoms with Gasteiger partial charge in [0.1, 0.15) is 6.10 Å². The van der Waals surface area contributed by atoms with E-state index in [1.165, 1.54) is 103 Å². The summed E-state index contributed by atoms with van der Waals surface area (Å²) in [6.45, 7) is 4.49. The van der Waals surface area contributed by atoms with Gasteiger partial charge in [-0.15, -0.1) is 0 Å². The summed E-state index contributed by atoms with van der Waals surface area (Å²) < 4.78 is 5.92. The molecule has 0 radical (unpaired) electrons. The van der Waals surface area contributed by atoms with E-state index in [0.29, 0.717) is 12.8 Å². The number of carboxylic acids is 1. The van der Waals surface area contributed by atoms with Gasteiger partial charge in [-0.05, 0) is 64.2 Å². The summed E-state index contributed by atoms with van der Waals surface area (Å²) in [6, 6.07) is 0. The first kappa shape index (κ1) is 36.7. The molecule has 0 spiro atoms. The third-order valence-electron chi connectivity index (χ3n) is 7.49. The predicted octanol–water partition coefficient (Wildman–Crippen LogP) is 11.1. The van der Waals surface area contributed by atoms with Crippen LogP contribution in [0.25, 0.3) is 0 Å². The largest absolute Gasteiger partial charge is 0.481 e. The molecule has 0 saturated carbocycles. The molecule has 0 rings (SSSR count). The summed E-state index contributed by atoms with van der Waals surface area (Å²) in [6.07, 6.45) is 35.2. The van der Waals surface area contributed by atoms with Gasteiger partial charge in [0.05, 0.1) is 0 Å². The summed E-state index contributed by atoms with van der Waals surface area (Å²) in [7, 11) is 0. The molecule has 0 fully saturated rings. The monoisotopic (exact) mass is 536 g/mol. The lowest BCUT2D eigenvalue weighted by molar-refractivity contribution is -0.150. The van der Waals surface area contributed by atoms with E-state index in [2.05, 4.69) is 26.0 Å². The number of aliphatic carboxylic acids is 1. The second-order valence-electron chi connectivity index (χ2n) is 11.3. The van der Waals surface area contributed by atoms with Gasteiger partial charge < -0.3 is 9.84 Å². The van der Waals surface area contributed by atoms with E-state index in [-0.39, 0.29) is 12.1 Å². The minimum absolute atomic E-state index is 0.00740. The molecule has 1 atom stereocenters. The van der Waals surface area contributed by atoms with Crippen molar-refractivity contribution in [3.63, 3.8) is 0 Å². The molecule has 0 aromatic rings. The third kappa shape index (κ3) is 29.2. The highest BCUT2D eigenvalue weighted by Crippen LogP contribution is 2.18. The summed E-state index contributed by atoms with van der Waals surface area (Å²) in [5.41, 5.74) is 0. The number of carbonyl (C=O) groups excluding carboxylic acids is 1. The van der Waals surface area contributed by atoms with Gasteiger partial charge in [0.25, 0.3) is 0 Å². The molecular weight excluding hydrogens is 472 g/mol. The number of carbonyl (C=O) groups is 2. The summed E-state index contributed by atoms with van der Waals surface area (Å²) in [5.74, 6) is -0.681. The zero-order valence-corrected chi connectivity index (χ0v) is 25.5. The lowest BCUT2D eigenvalue weighted by Gasteiger charge is -2.18. The Labute approximate surface area is 236 Å². The maximum atomic E-state index is 12.5. The number of carboxylic acid groups (broad SMARTS) is 1. The van der Waals surface area contributed by atoms with Gasteiger partial charge in [-0.2, -0.15) is 0 Å². The van der Waals surface area contributed by atoms with Crippen molar-refractivity contribution in [2.45, 2.75) is 193 Å². The minimum atomic E-state index is -0.688. The first-order chi connectivity index (χ1) is 18.6. The molecule has 1 unspecified atom stereocenters.